The Balaban J connectivity index is 1.40. The highest BCUT2D eigenvalue weighted by molar-refractivity contribution is 5.79. The van der Waals surface area contributed by atoms with Crippen molar-refractivity contribution >= 4 is 11.9 Å². The van der Waals surface area contributed by atoms with Crippen LogP contribution in [0.15, 0.2) is 30.3 Å². The number of benzene rings is 3. The molecule has 4 heterocycles. The number of likely N-dealkylation sites (N-methyl/N-ethyl adjacent to an activating group) is 1. The molecule has 0 aromatic heterocycles. The maximum absolute atomic E-state index is 13.5. The fourth-order valence-electron chi connectivity index (χ4n) is 8.62. The highest BCUT2D eigenvalue weighted by Gasteiger charge is 2.57. The van der Waals surface area contributed by atoms with Gasteiger partial charge >= 0.3 is 5.97 Å². The molecule has 0 aliphatic carbocycles. The molecule has 3 unspecified atom stereocenters. The van der Waals surface area contributed by atoms with E-state index in [0.29, 0.717) is 47.2 Å². The van der Waals surface area contributed by atoms with Crippen LogP contribution in [0, 0.1) is 25.2 Å². The number of ether oxygens (including phenoxy) is 6. The molecule has 2 N–H and O–H groups in total. The number of aryl methyl sites for hydroxylation is 1. The first-order chi connectivity index (χ1) is 24.6. The second-order valence-corrected chi connectivity index (χ2v) is 13.5. The van der Waals surface area contributed by atoms with Crippen LogP contribution < -0.4 is 29.0 Å². The summed E-state index contributed by atoms with van der Waals surface area (Å²) in [5.41, 5.74) is 5.81. The number of carbonyl (C=O) groups excluding carboxylic acids is 2. The molecule has 1 fully saturated rings. The number of piperazine rings is 1. The second-order valence-electron chi connectivity index (χ2n) is 13.5. The standard InChI is InChI=1S/C38H42N4O9/c1-19-11-23-13-26-28(15-39)42-27(33(41(26)4)31(23)37(34(19)47-6)48-17-46-5)14-25-32(38-36(49-18-50-38)20(2)35(25)51-21(3)43)29(42)16-40-30(45)12-22-7-9-24(44)10-8-22/h7-11,26-29,33,44H,12-14,16-18H2,1-6H3,(H,40,45)/t26-,27?,28?,29?,33-/m0/s1. The summed E-state index contributed by atoms with van der Waals surface area (Å²) >= 11 is 0. The van der Waals surface area contributed by atoms with Gasteiger partial charge in [-0.15, -0.1) is 0 Å². The number of phenols is 1. The fraction of sp³-hybridized carbons (Fsp3) is 0.447. The molecule has 5 atom stereocenters. The number of amides is 1. The Bertz CT molecular complexity index is 1920. The normalized spacial score (nSPS) is 23.0. The lowest BCUT2D eigenvalue weighted by molar-refractivity contribution is -0.132. The molecule has 1 amide bonds. The van der Waals surface area contributed by atoms with Crippen LogP contribution in [0.4, 0.5) is 0 Å². The van der Waals surface area contributed by atoms with Gasteiger partial charge in [0, 0.05) is 54.9 Å². The number of hydrogen-bond donors (Lipinski definition) is 2. The largest absolute Gasteiger partial charge is 0.508 e. The molecular formula is C38H42N4O9. The minimum atomic E-state index is -0.584. The number of fused-ring (bicyclic) bond motifs is 9. The Hall–Kier alpha value is -5.03. The van der Waals surface area contributed by atoms with Crippen molar-refractivity contribution in [1.29, 1.82) is 5.26 Å². The molecule has 13 heteroatoms. The van der Waals surface area contributed by atoms with Gasteiger partial charge in [-0.05, 0) is 62.6 Å². The van der Waals surface area contributed by atoms with Gasteiger partial charge < -0.3 is 38.8 Å². The van der Waals surface area contributed by atoms with Gasteiger partial charge in [-0.3, -0.25) is 19.4 Å². The van der Waals surface area contributed by atoms with E-state index in [1.807, 2.05) is 20.9 Å². The van der Waals surface area contributed by atoms with Crippen LogP contribution in [0.1, 0.15) is 58.0 Å². The van der Waals surface area contributed by atoms with Gasteiger partial charge in [0.05, 0.1) is 31.7 Å². The molecule has 0 spiro atoms. The fourth-order valence-corrected chi connectivity index (χ4v) is 8.62. The van der Waals surface area contributed by atoms with E-state index in [1.165, 1.54) is 6.92 Å². The van der Waals surface area contributed by atoms with Crippen LogP contribution in [0.25, 0.3) is 0 Å². The van der Waals surface area contributed by atoms with Crippen LogP contribution in [0.3, 0.4) is 0 Å². The third-order valence-corrected chi connectivity index (χ3v) is 10.6. The van der Waals surface area contributed by atoms with Gasteiger partial charge in [0.15, 0.2) is 29.8 Å². The molecule has 3 aromatic rings. The van der Waals surface area contributed by atoms with Crippen LogP contribution in [-0.4, -0.2) is 86.3 Å². The van der Waals surface area contributed by atoms with E-state index >= 15 is 0 Å². The molecular weight excluding hydrogens is 656 g/mol. The third-order valence-electron chi connectivity index (χ3n) is 10.6. The SMILES string of the molecule is COCOc1c(OC)c(C)cc2c1[C@@H]1C3Cc4c(OC(C)=O)c(C)c5c(c4C(CNC(=O)Cc4ccc(O)cc4)N3C(C#N)[C@H](C2)N1C)OCO5. The summed E-state index contributed by atoms with van der Waals surface area (Å²) in [4.78, 5) is 30.5. The Morgan fingerprint density at radius 2 is 1.78 bits per heavy atom. The van der Waals surface area contributed by atoms with E-state index in [-0.39, 0.29) is 56.3 Å². The first-order valence-corrected chi connectivity index (χ1v) is 17.0. The van der Waals surface area contributed by atoms with Crippen LogP contribution in [-0.2, 0) is 33.6 Å². The Labute approximate surface area is 296 Å². The number of rotatable bonds is 9. The summed E-state index contributed by atoms with van der Waals surface area (Å²) in [6.07, 6.45) is 1.07. The van der Waals surface area contributed by atoms with Crippen molar-refractivity contribution in [3.05, 3.63) is 69.3 Å². The van der Waals surface area contributed by atoms with E-state index in [1.54, 1.807) is 38.5 Å². The molecule has 4 aliphatic heterocycles. The molecule has 3 aromatic carbocycles. The summed E-state index contributed by atoms with van der Waals surface area (Å²) < 4.78 is 35.6. The van der Waals surface area contributed by atoms with Gasteiger partial charge in [0.1, 0.15) is 17.5 Å². The smallest absolute Gasteiger partial charge is 0.308 e. The first kappa shape index (κ1) is 34.4. The number of hydrogen-bond acceptors (Lipinski definition) is 12. The van der Waals surface area contributed by atoms with Crippen molar-refractivity contribution in [3.63, 3.8) is 0 Å². The molecule has 4 aliphatic rings. The highest BCUT2D eigenvalue weighted by Crippen LogP contribution is 2.58. The van der Waals surface area contributed by atoms with Crippen molar-refractivity contribution in [1.82, 2.24) is 15.1 Å². The van der Waals surface area contributed by atoms with Crippen LogP contribution in [0.5, 0.6) is 34.5 Å². The number of carbonyl (C=O) groups is 2. The zero-order valence-corrected chi connectivity index (χ0v) is 29.6. The highest BCUT2D eigenvalue weighted by atomic mass is 16.7. The summed E-state index contributed by atoms with van der Waals surface area (Å²) in [6.45, 7) is 5.32. The number of methoxy groups -OCH3 is 2. The number of nitrogens with one attached hydrogen (secondary N) is 1. The van der Waals surface area contributed by atoms with E-state index in [2.05, 4.69) is 27.3 Å². The molecule has 13 nitrogen and oxygen atoms in total. The van der Waals surface area contributed by atoms with Gasteiger partial charge in [-0.25, -0.2) is 0 Å². The first-order valence-electron chi connectivity index (χ1n) is 17.0. The zero-order chi connectivity index (χ0) is 36.1. The lowest BCUT2D eigenvalue weighted by atomic mass is 9.71. The lowest BCUT2D eigenvalue weighted by Crippen LogP contribution is -2.68. The topological polar surface area (TPSA) is 152 Å². The van der Waals surface area contributed by atoms with E-state index in [9.17, 15) is 20.0 Å². The monoisotopic (exact) mass is 698 g/mol. The minimum Gasteiger partial charge on any atom is -0.508 e. The van der Waals surface area contributed by atoms with Crippen LogP contribution >= 0.6 is 0 Å². The maximum Gasteiger partial charge on any atom is 0.308 e. The quantitative estimate of drug-likeness (QED) is 0.190. The summed E-state index contributed by atoms with van der Waals surface area (Å²) in [5, 5.41) is 23.8. The molecule has 1 saturated heterocycles. The summed E-state index contributed by atoms with van der Waals surface area (Å²) in [6, 6.07) is 9.29. The minimum absolute atomic E-state index is 0.0130. The third kappa shape index (κ3) is 5.77. The zero-order valence-electron chi connectivity index (χ0n) is 29.6. The van der Waals surface area contributed by atoms with Crippen molar-refractivity contribution in [2.24, 2.45) is 0 Å². The second kappa shape index (κ2) is 13.6. The Kier molecular flexibility index (Phi) is 9.18. The Morgan fingerprint density at radius 3 is 2.47 bits per heavy atom. The van der Waals surface area contributed by atoms with Gasteiger partial charge in [0.25, 0.3) is 0 Å². The predicted molar refractivity (Wildman–Crippen MR) is 183 cm³/mol. The average molecular weight is 699 g/mol. The van der Waals surface area contributed by atoms with Crippen molar-refractivity contribution < 1.29 is 43.1 Å². The molecule has 0 radical (unpaired) electrons. The molecule has 7 rings (SSSR count). The molecule has 268 valence electrons. The number of esters is 1. The van der Waals surface area contributed by atoms with E-state index in [0.717, 1.165) is 33.4 Å². The average Bonchev–Trinajstić information content (AvgIpc) is 3.59. The lowest BCUT2D eigenvalue weighted by Gasteiger charge is -2.60. The van der Waals surface area contributed by atoms with Crippen molar-refractivity contribution in [3.8, 4) is 40.6 Å². The van der Waals surface area contributed by atoms with Crippen molar-refractivity contribution in [2.75, 3.05) is 41.4 Å². The molecule has 2 bridgehead atoms. The van der Waals surface area contributed by atoms with E-state index in [4.69, 9.17) is 28.4 Å². The number of aromatic hydroxyl groups is 1. The number of nitriles is 1. The maximum atomic E-state index is 13.5. The van der Waals surface area contributed by atoms with Crippen molar-refractivity contribution in [2.45, 2.75) is 70.2 Å². The Morgan fingerprint density at radius 1 is 1.04 bits per heavy atom. The molecule has 0 saturated carbocycles. The number of phenolic OH excluding ortho intramolecular Hbond substituents is 1. The summed E-state index contributed by atoms with van der Waals surface area (Å²) in [5.74, 6) is 2.02. The van der Waals surface area contributed by atoms with Crippen LogP contribution in [0.2, 0.25) is 0 Å². The number of nitrogens with zero attached hydrogens (tertiary/aromatic N) is 3. The summed E-state index contributed by atoms with van der Waals surface area (Å²) in [7, 11) is 5.22. The van der Waals surface area contributed by atoms with Gasteiger partial charge in [-0.1, -0.05) is 18.2 Å². The van der Waals surface area contributed by atoms with Gasteiger partial charge in [-0.2, -0.15) is 5.26 Å². The predicted octanol–water partition coefficient (Wildman–Crippen LogP) is 3.78. The molecule has 51 heavy (non-hydrogen) atoms. The van der Waals surface area contributed by atoms with E-state index < -0.39 is 18.1 Å². The van der Waals surface area contributed by atoms with Gasteiger partial charge in [0.2, 0.25) is 12.7 Å².